The first-order valence-electron chi connectivity index (χ1n) is 6.61. The number of hydrogen-bond donors (Lipinski definition) is 1. The van der Waals surface area contributed by atoms with Crippen LogP contribution in [-0.2, 0) is 12.8 Å². The predicted octanol–water partition coefficient (Wildman–Crippen LogP) is 3.24. The maximum Gasteiger partial charge on any atom is 0.0107 e. The van der Waals surface area contributed by atoms with Gasteiger partial charge in [0.15, 0.2) is 0 Å². The van der Waals surface area contributed by atoms with Gasteiger partial charge in [0, 0.05) is 6.04 Å². The predicted molar refractivity (Wildman–Crippen MR) is 69.9 cm³/mol. The van der Waals surface area contributed by atoms with Crippen molar-refractivity contribution < 1.29 is 0 Å². The van der Waals surface area contributed by atoms with E-state index in [9.17, 15) is 0 Å². The Balaban J connectivity index is 2.01. The molecule has 1 unspecified atom stereocenters. The molecule has 1 fully saturated rings. The molecule has 1 nitrogen and oxygen atoms in total. The van der Waals surface area contributed by atoms with E-state index in [0.29, 0.717) is 6.04 Å². The molecule has 1 atom stereocenters. The van der Waals surface area contributed by atoms with Gasteiger partial charge in [-0.1, -0.05) is 31.5 Å². The number of aryl methyl sites for hydroxylation is 2. The zero-order valence-corrected chi connectivity index (χ0v) is 10.6. The number of rotatable bonds is 3. The third-order valence-electron chi connectivity index (χ3n) is 3.68. The Kier molecular flexibility index (Phi) is 4.00. The summed E-state index contributed by atoms with van der Waals surface area (Å²) in [4.78, 5) is 0. The molecule has 0 aromatic heterocycles. The summed E-state index contributed by atoms with van der Waals surface area (Å²) in [6, 6.07) is 7.69. The lowest BCUT2D eigenvalue weighted by Crippen LogP contribution is -2.35. The summed E-state index contributed by atoms with van der Waals surface area (Å²) in [6.45, 7) is 5.66. The zero-order valence-electron chi connectivity index (χ0n) is 10.6. The molecule has 0 amide bonds. The Labute approximate surface area is 99.3 Å². The molecule has 0 spiro atoms. The topological polar surface area (TPSA) is 12.0 Å². The summed E-state index contributed by atoms with van der Waals surface area (Å²) in [5.74, 6) is 0. The van der Waals surface area contributed by atoms with Gasteiger partial charge in [-0.15, -0.1) is 0 Å². The number of hydrogen-bond acceptors (Lipinski definition) is 1. The Morgan fingerprint density at radius 3 is 2.81 bits per heavy atom. The molecule has 1 aliphatic rings. The molecule has 1 saturated heterocycles. The first-order valence-corrected chi connectivity index (χ1v) is 6.61. The number of nitrogens with one attached hydrogen (secondary N) is 1. The van der Waals surface area contributed by atoms with Gasteiger partial charge < -0.3 is 5.32 Å². The Bertz CT molecular complexity index is 337. The van der Waals surface area contributed by atoms with E-state index in [0.717, 1.165) is 6.42 Å². The molecule has 88 valence electrons. The minimum absolute atomic E-state index is 0.709. The average Bonchev–Trinajstić information content (AvgIpc) is 2.31. The number of piperidine rings is 1. The fraction of sp³-hybridized carbons (Fsp3) is 0.600. The second-order valence-electron chi connectivity index (χ2n) is 4.97. The molecule has 0 bridgehead atoms. The largest absolute Gasteiger partial charge is 0.314 e. The van der Waals surface area contributed by atoms with Gasteiger partial charge in [-0.25, -0.2) is 0 Å². The van der Waals surface area contributed by atoms with E-state index in [1.54, 1.807) is 0 Å². The van der Waals surface area contributed by atoms with Crippen LogP contribution in [0.3, 0.4) is 0 Å². The van der Waals surface area contributed by atoms with Crippen LogP contribution in [0.4, 0.5) is 0 Å². The zero-order chi connectivity index (χ0) is 11.4. The molecule has 1 heteroatoms. The first-order chi connectivity index (χ1) is 7.79. The van der Waals surface area contributed by atoms with Crippen LogP contribution < -0.4 is 5.32 Å². The minimum Gasteiger partial charge on any atom is -0.314 e. The summed E-state index contributed by atoms with van der Waals surface area (Å²) in [6.07, 6.45) is 6.43. The maximum absolute atomic E-state index is 3.62. The quantitative estimate of drug-likeness (QED) is 0.819. The van der Waals surface area contributed by atoms with Crippen molar-refractivity contribution in [2.24, 2.45) is 0 Å². The SMILES string of the molecule is CCc1ccc(CC2CCCCN2)cc1C. The van der Waals surface area contributed by atoms with Crippen molar-refractivity contribution >= 4 is 0 Å². The molecule has 0 radical (unpaired) electrons. The second-order valence-corrected chi connectivity index (χ2v) is 4.97. The monoisotopic (exact) mass is 217 g/mol. The summed E-state index contributed by atoms with van der Waals surface area (Å²) in [5, 5.41) is 3.62. The van der Waals surface area contributed by atoms with Gasteiger partial charge >= 0.3 is 0 Å². The molecular weight excluding hydrogens is 194 g/mol. The van der Waals surface area contributed by atoms with Crippen LogP contribution in [0.5, 0.6) is 0 Å². The molecule has 1 heterocycles. The lowest BCUT2D eigenvalue weighted by atomic mass is 9.95. The molecule has 0 saturated carbocycles. The highest BCUT2D eigenvalue weighted by molar-refractivity contribution is 5.31. The summed E-state index contributed by atoms with van der Waals surface area (Å²) >= 11 is 0. The maximum atomic E-state index is 3.62. The van der Waals surface area contributed by atoms with Crippen molar-refractivity contribution in [1.82, 2.24) is 5.32 Å². The van der Waals surface area contributed by atoms with E-state index in [1.807, 2.05) is 0 Å². The Hall–Kier alpha value is -0.820. The van der Waals surface area contributed by atoms with Gasteiger partial charge in [0.1, 0.15) is 0 Å². The van der Waals surface area contributed by atoms with Gasteiger partial charge in [0.2, 0.25) is 0 Å². The van der Waals surface area contributed by atoms with Crippen LogP contribution in [0.25, 0.3) is 0 Å². The van der Waals surface area contributed by atoms with Crippen molar-refractivity contribution in [3.8, 4) is 0 Å². The average molecular weight is 217 g/mol. The summed E-state index contributed by atoms with van der Waals surface area (Å²) in [5.41, 5.74) is 4.44. The van der Waals surface area contributed by atoms with Gasteiger partial charge in [-0.3, -0.25) is 0 Å². The van der Waals surface area contributed by atoms with Crippen LogP contribution in [-0.4, -0.2) is 12.6 Å². The third-order valence-corrected chi connectivity index (χ3v) is 3.68. The van der Waals surface area contributed by atoms with E-state index in [2.05, 4.69) is 37.4 Å². The molecule has 1 aromatic carbocycles. The van der Waals surface area contributed by atoms with Crippen molar-refractivity contribution in [3.05, 3.63) is 34.9 Å². The van der Waals surface area contributed by atoms with Crippen LogP contribution in [0.1, 0.15) is 42.9 Å². The molecule has 2 rings (SSSR count). The van der Waals surface area contributed by atoms with E-state index >= 15 is 0 Å². The minimum atomic E-state index is 0.709. The van der Waals surface area contributed by atoms with Gasteiger partial charge in [-0.2, -0.15) is 0 Å². The normalized spacial score (nSPS) is 21.0. The van der Waals surface area contributed by atoms with E-state index in [4.69, 9.17) is 0 Å². The van der Waals surface area contributed by atoms with E-state index in [-0.39, 0.29) is 0 Å². The molecule has 1 N–H and O–H groups in total. The van der Waals surface area contributed by atoms with Crippen molar-refractivity contribution in [1.29, 1.82) is 0 Å². The molecule has 16 heavy (non-hydrogen) atoms. The van der Waals surface area contributed by atoms with E-state index < -0.39 is 0 Å². The fourth-order valence-corrected chi connectivity index (χ4v) is 2.66. The number of benzene rings is 1. The standard InChI is InChI=1S/C15H23N/c1-3-14-8-7-13(10-12(14)2)11-15-6-4-5-9-16-15/h7-8,10,15-16H,3-6,9,11H2,1-2H3. The highest BCUT2D eigenvalue weighted by Crippen LogP contribution is 2.16. The summed E-state index contributed by atoms with van der Waals surface area (Å²) < 4.78 is 0. The summed E-state index contributed by atoms with van der Waals surface area (Å²) in [7, 11) is 0. The highest BCUT2D eigenvalue weighted by atomic mass is 14.9. The van der Waals surface area contributed by atoms with Crippen LogP contribution in [0.15, 0.2) is 18.2 Å². The molecule has 1 aromatic rings. The van der Waals surface area contributed by atoms with E-state index in [1.165, 1.54) is 48.9 Å². The van der Waals surface area contributed by atoms with Crippen LogP contribution >= 0.6 is 0 Å². The Morgan fingerprint density at radius 2 is 2.19 bits per heavy atom. The van der Waals surface area contributed by atoms with Gasteiger partial charge in [-0.05, 0) is 55.8 Å². The van der Waals surface area contributed by atoms with Crippen LogP contribution in [0, 0.1) is 6.92 Å². The lowest BCUT2D eigenvalue weighted by molar-refractivity contribution is 0.399. The Morgan fingerprint density at radius 1 is 1.31 bits per heavy atom. The molecule has 0 aliphatic carbocycles. The first kappa shape index (κ1) is 11.7. The third kappa shape index (κ3) is 2.85. The lowest BCUT2D eigenvalue weighted by Gasteiger charge is -2.23. The molecule has 1 aliphatic heterocycles. The second kappa shape index (κ2) is 5.49. The van der Waals surface area contributed by atoms with Crippen molar-refractivity contribution in [2.45, 2.75) is 52.0 Å². The molecular formula is C15H23N. The highest BCUT2D eigenvalue weighted by Gasteiger charge is 2.13. The van der Waals surface area contributed by atoms with Crippen LogP contribution in [0.2, 0.25) is 0 Å². The van der Waals surface area contributed by atoms with Gasteiger partial charge in [0.25, 0.3) is 0 Å². The fourth-order valence-electron chi connectivity index (χ4n) is 2.66. The van der Waals surface area contributed by atoms with Crippen molar-refractivity contribution in [3.63, 3.8) is 0 Å². The van der Waals surface area contributed by atoms with Gasteiger partial charge in [0.05, 0.1) is 0 Å². The smallest absolute Gasteiger partial charge is 0.0107 e. The van der Waals surface area contributed by atoms with Crippen molar-refractivity contribution in [2.75, 3.05) is 6.54 Å².